The van der Waals surface area contributed by atoms with Crippen molar-refractivity contribution in [3.63, 3.8) is 0 Å². The lowest BCUT2D eigenvalue weighted by molar-refractivity contribution is -0.117. The summed E-state index contributed by atoms with van der Waals surface area (Å²) < 4.78 is 5.17. The number of carbonyl (C=O) groups is 3. The molecule has 8 nitrogen and oxygen atoms in total. The number of para-hydroxylation sites is 1. The highest BCUT2D eigenvalue weighted by molar-refractivity contribution is 6.17. The van der Waals surface area contributed by atoms with E-state index in [2.05, 4.69) is 10.3 Å². The highest BCUT2D eigenvalue weighted by Crippen LogP contribution is 2.44. The Hall–Kier alpha value is -4.20. The van der Waals surface area contributed by atoms with E-state index >= 15 is 0 Å². The van der Waals surface area contributed by atoms with E-state index in [9.17, 15) is 14.4 Å². The van der Waals surface area contributed by atoms with Crippen molar-refractivity contribution in [2.75, 3.05) is 23.9 Å². The number of hydrogen-bond acceptors (Lipinski definition) is 5. The Balaban J connectivity index is 1.53. The number of carbonyl (C=O) groups excluding carboxylic acids is 3. The van der Waals surface area contributed by atoms with Gasteiger partial charge >= 0.3 is 0 Å². The van der Waals surface area contributed by atoms with Crippen LogP contribution in [-0.2, 0) is 4.79 Å². The van der Waals surface area contributed by atoms with Gasteiger partial charge in [0.25, 0.3) is 11.8 Å². The lowest BCUT2D eigenvalue weighted by Gasteiger charge is -2.40. The van der Waals surface area contributed by atoms with Gasteiger partial charge in [-0.1, -0.05) is 30.3 Å². The average Bonchev–Trinajstić information content (AvgIpc) is 3.10. The Kier molecular flexibility index (Phi) is 4.39. The van der Waals surface area contributed by atoms with Gasteiger partial charge in [0.15, 0.2) is 0 Å². The number of nitrogens with zero attached hydrogens (tertiary/aromatic N) is 3. The van der Waals surface area contributed by atoms with E-state index in [-0.39, 0.29) is 24.2 Å². The first-order chi connectivity index (χ1) is 15.1. The standard InChI is InChI=1S/C23H18N4O4/c1-31-20-17(10-6-12-24-20)25-19(28)13-26-21-14-7-2-3-8-15(14)23(30)27(21)18-11-5-4-9-16(18)22(26)29/h2-12,21H,13H2,1H3,(H,25,28)/t21-/m0/s1. The molecule has 154 valence electrons. The maximum atomic E-state index is 13.4. The van der Waals surface area contributed by atoms with Gasteiger partial charge in [-0.15, -0.1) is 0 Å². The van der Waals surface area contributed by atoms with Crippen LogP contribution in [0.15, 0.2) is 66.9 Å². The molecule has 31 heavy (non-hydrogen) atoms. The summed E-state index contributed by atoms with van der Waals surface area (Å²) in [5.74, 6) is -0.653. The number of fused-ring (bicyclic) bond motifs is 5. The van der Waals surface area contributed by atoms with Gasteiger partial charge in [0.05, 0.1) is 18.4 Å². The van der Waals surface area contributed by atoms with Crippen LogP contribution in [0.4, 0.5) is 11.4 Å². The summed E-state index contributed by atoms with van der Waals surface area (Å²) in [7, 11) is 1.46. The number of methoxy groups -OCH3 is 1. The van der Waals surface area contributed by atoms with E-state index in [4.69, 9.17) is 4.74 Å². The molecule has 0 fully saturated rings. The van der Waals surface area contributed by atoms with Gasteiger partial charge < -0.3 is 15.0 Å². The molecule has 0 radical (unpaired) electrons. The third-order valence-corrected chi connectivity index (χ3v) is 5.44. The first-order valence-corrected chi connectivity index (χ1v) is 9.71. The molecule has 2 aromatic carbocycles. The minimum Gasteiger partial charge on any atom is -0.480 e. The molecule has 0 saturated heterocycles. The lowest BCUT2D eigenvalue weighted by Crippen LogP contribution is -2.50. The third-order valence-electron chi connectivity index (χ3n) is 5.44. The van der Waals surface area contributed by atoms with Crippen LogP contribution in [0.3, 0.4) is 0 Å². The highest BCUT2D eigenvalue weighted by Gasteiger charge is 2.48. The van der Waals surface area contributed by atoms with Crippen LogP contribution >= 0.6 is 0 Å². The largest absolute Gasteiger partial charge is 0.480 e. The molecule has 1 atom stereocenters. The van der Waals surface area contributed by atoms with Gasteiger partial charge in [-0.3, -0.25) is 19.3 Å². The zero-order chi connectivity index (χ0) is 21.5. The molecule has 0 aliphatic carbocycles. The molecule has 5 rings (SSSR count). The number of nitrogens with one attached hydrogen (secondary N) is 1. The number of ether oxygens (including phenoxy) is 1. The number of rotatable bonds is 4. The Morgan fingerprint density at radius 1 is 1.00 bits per heavy atom. The first-order valence-electron chi connectivity index (χ1n) is 9.71. The van der Waals surface area contributed by atoms with Crippen LogP contribution < -0.4 is 15.0 Å². The van der Waals surface area contributed by atoms with Crippen LogP contribution in [-0.4, -0.2) is 41.3 Å². The maximum absolute atomic E-state index is 13.4. The molecule has 1 N–H and O–H groups in total. The van der Waals surface area contributed by atoms with Crippen molar-refractivity contribution >= 4 is 29.1 Å². The van der Waals surface area contributed by atoms with Crippen molar-refractivity contribution in [3.05, 3.63) is 83.6 Å². The van der Waals surface area contributed by atoms with Crippen LogP contribution in [0.2, 0.25) is 0 Å². The number of pyridine rings is 1. The molecule has 0 unspecified atom stereocenters. The van der Waals surface area contributed by atoms with Crippen molar-refractivity contribution in [1.82, 2.24) is 9.88 Å². The molecule has 0 spiro atoms. The van der Waals surface area contributed by atoms with Gasteiger partial charge in [0, 0.05) is 17.3 Å². The summed E-state index contributed by atoms with van der Waals surface area (Å²) in [6.07, 6.45) is 0.867. The predicted molar refractivity (Wildman–Crippen MR) is 113 cm³/mol. The molecule has 2 aliphatic heterocycles. The summed E-state index contributed by atoms with van der Waals surface area (Å²) >= 11 is 0. The predicted octanol–water partition coefficient (Wildman–Crippen LogP) is 2.84. The van der Waals surface area contributed by atoms with Crippen molar-refractivity contribution in [2.24, 2.45) is 0 Å². The fourth-order valence-corrected chi connectivity index (χ4v) is 4.13. The van der Waals surface area contributed by atoms with Gasteiger partial charge in [-0.2, -0.15) is 0 Å². The van der Waals surface area contributed by atoms with Gasteiger partial charge in [-0.05, 0) is 30.3 Å². The van der Waals surface area contributed by atoms with Gasteiger partial charge in [0.1, 0.15) is 18.4 Å². The number of hydrogen-bond donors (Lipinski definition) is 1. The van der Waals surface area contributed by atoms with E-state index in [1.165, 1.54) is 12.0 Å². The lowest BCUT2D eigenvalue weighted by atomic mass is 10.0. The van der Waals surface area contributed by atoms with Crippen molar-refractivity contribution in [2.45, 2.75) is 6.17 Å². The molecule has 2 aliphatic rings. The van der Waals surface area contributed by atoms with Crippen molar-refractivity contribution in [3.8, 4) is 5.88 Å². The topological polar surface area (TPSA) is 91.8 Å². The van der Waals surface area contributed by atoms with Gasteiger partial charge in [0.2, 0.25) is 11.8 Å². The smallest absolute Gasteiger partial charge is 0.260 e. The maximum Gasteiger partial charge on any atom is 0.260 e. The van der Waals surface area contributed by atoms with Gasteiger partial charge in [-0.25, -0.2) is 4.98 Å². The molecule has 1 aromatic heterocycles. The average molecular weight is 414 g/mol. The fourth-order valence-electron chi connectivity index (χ4n) is 4.13. The van der Waals surface area contributed by atoms with Crippen LogP contribution in [0, 0.1) is 0 Å². The summed E-state index contributed by atoms with van der Waals surface area (Å²) in [5, 5.41) is 2.74. The second kappa shape index (κ2) is 7.24. The molecule has 0 bridgehead atoms. The molecular formula is C23H18N4O4. The molecule has 0 saturated carbocycles. The zero-order valence-corrected chi connectivity index (χ0v) is 16.6. The number of benzene rings is 2. The quantitative estimate of drug-likeness (QED) is 0.709. The van der Waals surface area contributed by atoms with Crippen molar-refractivity contribution < 1.29 is 19.1 Å². The molecule has 3 amide bonds. The number of anilines is 2. The second-order valence-corrected chi connectivity index (χ2v) is 7.19. The first kappa shape index (κ1) is 18.8. The third kappa shape index (κ3) is 2.92. The van der Waals surface area contributed by atoms with E-state index in [0.717, 1.165) is 0 Å². The second-order valence-electron chi connectivity index (χ2n) is 7.19. The fraction of sp³-hybridized carbons (Fsp3) is 0.130. The van der Waals surface area contributed by atoms with Crippen molar-refractivity contribution in [1.29, 1.82) is 0 Å². The normalized spacial score (nSPS) is 16.5. The Morgan fingerprint density at radius 2 is 1.74 bits per heavy atom. The van der Waals surface area contributed by atoms with Crippen LogP contribution in [0.25, 0.3) is 0 Å². The van der Waals surface area contributed by atoms with Crippen LogP contribution in [0.1, 0.15) is 32.4 Å². The van der Waals surface area contributed by atoms with E-state index < -0.39 is 12.1 Å². The number of amides is 3. The minimum absolute atomic E-state index is 0.195. The zero-order valence-electron chi connectivity index (χ0n) is 16.6. The molecule has 3 aromatic rings. The summed E-state index contributed by atoms with van der Waals surface area (Å²) in [6, 6.07) is 17.4. The summed E-state index contributed by atoms with van der Waals surface area (Å²) in [6.45, 7) is -0.242. The van der Waals surface area contributed by atoms with E-state index in [1.54, 1.807) is 59.6 Å². The summed E-state index contributed by atoms with van der Waals surface area (Å²) in [4.78, 5) is 46.5. The van der Waals surface area contributed by atoms with E-state index in [1.807, 2.05) is 12.1 Å². The van der Waals surface area contributed by atoms with Crippen LogP contribution in [0.5, 0.6) is 5.88 Å². The molecule has 8 heteroatoms. The monoisotopic (exact) mass is 414 g/mol. The SMILES string of the molecule is COc1ncccc1NC(=O)CN1C(=O)c2ccccc2N2C(=O)c3ccccc3[C@@H]12. The van der Waals surface area contributed by atoms with E-state index in [0.29, 0.717) is 28.1 Å². The minimum atomic E-state index is -0.687. The Morgan fingerprint density at radius 3 is 2.55 bits per heavy atom. The highest BCUT2D eigenvalue weighted by atomic mass is 16.5. The molecule has 3 heterocycles. The Labute approximate surface area is 178 Å². The summed E-state index contributed by atoms with van der Waals surface area (Å²) in [5.41, 5.74) is 2.55. The Bertz CT molecular complexity index is 1230. The number of aromatic nitrogens is 1. The molecular weight excluding hydrogens is 396 g/mol.